The highest BCUT2D eigenvalue weighted by molar-refractivity contribution is 5.99. The van der Waals surface area contributed by atoms with Crippen LogP contribution in [0.1, 0.15) is 69.1 Å². The average Bonchev–Trinajstić information content (AvgIpc) is 3.44. The molecule has 29 nitrogen and oxygen atoms in total. The molecule has 8 atom stereocenters. The lowest BCUT2D eigenvalue weighted by Crippen LogP contribution is -2.61. The van der Waals surface area contributed by atoms with Crippen LogP contribution in [0.25, 0.3) is 0 Å². The molecule has 10 amide bonds. The van der Waals surface area contributed by atoms with Crippen molar-refractivity contribution in [3.8, 4) is 5.75 Å². The minimum Gasteiger partial charge on any atom is -0.508 e. The number of carbonyl (C=O) groups is 10. The third-order valence-electron chi connectivity index (χ3n) is 12.4. The van der Waals surface area contributed by atoms with Crippen molar-refractivity contribution in [3.63, 3.8) is 0 Å². The highest BCUT2D eigenvalue weighted by Crippen LogP contribution is 2.14. The van der Waals surface area contributed by atoms with E-state index in [1.807, 2.05) is 0 Å². The van der Waals surface area contributed by atoms with Crippen LogP contribution in [0.3, 0.4) is 0 Å². The lowest BCUT2D eigenvalue weighted by molar-refractivity contribution is -0.136. The third-order valence-corrected chi connectivity index (χ3v) is 12.4. The monoisotopic (exact) mass is 1160 g/mol. The molecule has 3 aromatic rings. The maximum absolute atomic E-state index is 14.5. The molecule has 0 spiro atoms. The van der Waals surface area contributed by atoms with Gasteiger partial charge in [0.1, 0.15) is 54.1 Å². The van der Waals surface area contributed by atoms with E-state index in [0.717, 1.165) is 0 Å². The van der Waals surface area contributed by atoms with Crippen molar-refractivity contribution in [3.05, 3.63) is 102 Å². The minimum absolute atomic E-state index is 0.0185. The maximum Gasteiger partial charge on any atom is 0.245 e. The molecule has 0 fully saturated rings. The molecule has 0 aliphatic carbocycles. The Kier molecular flexibility index (Phi) is 28.9. The predicted molar refractivity (Wildman–Crippen MR) is 306 cm³/mol. The van der Waals surface area contributed by atoms with Crippen LogP contribution < -0.4 is 82.7 Å². The molecule has 0 aliphatic heterocycles. The molecule has 3 aromatic carbocycles. The Morgan fingerprint density at radius 2 is 0.819 bits per heavy atom. The van der Waals surface area contributed by atoms with Gasteiger partial charge in [-0.1, -0.05) is 86.6 Å². The first-order chi connectivity index (χ1) is 39.4. The molecule has 8 unspecified atom stereocenters. The number of hydrogen-bond acceptors (Lipinski definition) is 15. The summed E-state index contributed by atoms with van der Waals surface area (Å²) in [4.78, 5) is 144. The van der Waals surface area contributed by atoms with E-state index >= 15 is 0 Å². The number of phenols is 1. The lowest BCUT2D eigenvalue weighted by Gasteiger charge is -2.28. The summed E-state index contributed by atoms with van der Waals surface area (Å²) in [6.45, 7) is 1.99. The molecule has 24 N–H and O–H groups in total. The topological polar surface area (TPSA) is 514 Å². The number of aliphatic hydroxyl groups excluding tert-OH is 1. The molecular weight excluding hydrogens is 1080 g/mol. The smallest absolute Gasteiger partial charge is 0.245 e. The summed E-state index contributed by atoms with van der Waals surface area (Å²) in [5, 5.41) is 40.5. The molecule has 0 aromatic heterocycles. The first kappa shape index (κ1) is 67.9. The normalized spacial score (nSPS) is 13.7. The predicted octanol–water partition coefficient (Wildman–Crippen LogP) is -5.24. The van der Waals surface area contributed by atoms with Crippen LogP contribution in [0.15, 0.2) is 94.9 Å². The van der Waals surface area contributed by atoms with E-state index < -0.39 is 127 Å². The summed E-state index contributed by atoms with van der Waals surface area (Å²) in [7, 11) is 0. The fraction of sp³-hybridized carbons (Fsp3) is 0.444. The maximum atomic E-state index is 14.5. The zero-order valence-corrected chi connectivity index (χ0v) is 46.4. The lowest BCUT2D eigenvalue weighted by atomic mass is 10.00. The number of primary amides is 2. The quantitative estimate of drug-likeness (QED) is 0.0147. The number of hydrogen-bond donors (Lipinski definition) is 17. The van der Waals surface area contributed by atoms with Gasteiger partial charge in [-0.05, 0) is 66.8 Å². The van der Waals surface area contributed by atoms with E-state index in [9.17, 15) is 58.2 Å². The first-order valence-corrected chi connectivity index (χ1v) is 26.7. The van der Waals surface area contributed by atoms with Crippen molar-refractivity contribution in [1.82, 2.24) is 42.5 Å². The Hall–Kier alpha value is -9.38. The molecule has 0 saturated heterocycles. The van der Waals surface area contributed by atoms with E-state index in [-0.39, 0.29) is 88.0 Å². The van der Waals surface area contributed by atoms with Gasteiger partial charge < -0.3 is 92.9 Å². The number of aromatic hydroxyl groups is 1. The molecular formula is C54H79N17O12. The number of aliphatic hydroxyl groups is 1. The number of benzene rings is 3. The van der Waals surface area contributed by atoms with Gasteiger partial charge in [0.05, 0.1) is 19.6 Å². The van der Waals surface area contributed by atoms with E-state index in [4.69, 9.17) is 40.1 Å². The molecule has 0 heterocycles. The van der Waals surface area contributed by atoms with Crippen molar-refractivity contribution in [2.75, 3.05) is 26.2 Å². The van der Waals surface area contributed by atoms with E-state index in [1.54, 1.807) is 74.5 Å². The van der Waals surface area contributed by atoms with Gasteiger partial charge in [0.15, 0.2) is 11.9 Å². The summed E-state index contributed by atoms with van der Waals surface area (Å²) in [6.07, 6.45) is -1.14. The van der Waals surface area contributed by atoms with Gasteiger partial charge in [0, 0.05) is 32.4 Å². The van der Waals surface area contributed by atoms with Crippen LogP contribution in [0.5, 0.6) is 5.75 Å². The van der Waals surface area contributed by atoms with Crippen molar-refractivity contribution >= 4 is 71.0 Å². The Balaban J connectivity index is 1.92. The number of aliphatic imine (C=N–C) groups is 2. The number of guanidine groups is 2. The molecule has 0 saturated carbocycles. The van der Waals surface area contributed by atoms with Crippen molar-refractivity contribution < 1.29 is 58.2 Å². The Bertz CT molecular complexity index is 2710. The van der Waals surface area contributed by atoms with Gasteiger partial charge in [-0.2, -0.15) is 0 Å². The number of nitrogens with zero attached hydrogens (tertiary/aromatic N) is 2. The summed E-state index contributed by atoms with van der Waals surface area (Å²) in [6, 6.07) is 11.0. The first-order valence-electron chi connectivity index (χ1n) is 26.7. The number of nitrogens with one attached hydrogen (secondary N) is 8. The Labute approximate surface area is 479 Å². The number of rotatable bonds is 36. The van der Waals surface area contributed by atoms with Gasteiger partial charge in [0.25, 0.3) is 0 Å². The van der Waals surface area contributed by atoms with Gasteiger partial charge >= 0.3 is 0 Å². The standard InChI is InChI=1S/C54H79N17O12/c1-30(2)23-38(48(79)65-35(15-9-21-62-53(58)59)46(77)67-37(45(57)76)24-31-11-5-3-6-12-31)68-50(81)40(25-32-13-7-4-8-14-32)69-52(83)42(29-72)71-47(78)36(16-10-22-63-54(60)61)66-51(82)41(27-43(56)74)70-49(80)39(64-44(75)28-55)26-33-17-19-34(73)20-18-33/h3-8,11-14,17-20,30,35-42,72-73H,9-10,15-16,21-29,55H2,1-2H3,(H2,56,74)(H2,57,76)(H,64,75)(H,65,79)(H,66,82)(H,67,77)(H,68,81)(H,69,83)(H,70,80)(H,71,78)(H4,58,59,62)(H4,60,61,63). The molecule has 0 aliphatic rings. The van der Waals surface area contributed by atoms with E-state index in [0.29, 0.717) is 16.7 Å². The zero-order valence-electron chi connectivity index (χ0n) is 46.4. The van der Waals surface area contributed by atoms with Crippen molar-refractivity contribution in [2.45, 2.75) is 120 Å². The zero-order chi connectivity index (χ0) is 61.6. The highest BCUT2D eigenvalue weighted by Gasteiger charge is 2.35. The summed E-state index contributed by atoms with van der Waals surface area (Å²) < 4.78 is 0. The van der Waals surface area contributed by atoms with E-state index in [1.165, 1.54) is 24.3 Å². The second-order valence-corrected chi connectivity index (χ2v) is 19.8. The van der Waals surface area contributed by atoms with Gasteiger partial charge in [-0.25, -0.2) is 0 Å². The van der Waals surface area contributed by atoms with Crippen molar-refractivity contribution in [1.29, 1.82) is 0 Å². The van der Waals surface area contributed by atoms with Crippen molar-refractivity contribution in [2.24, 2.45) is 56.0 Å². The molecule has 29 heteroatoms. The Morgan fingerprint density at radius 3 is 1.25 bits per heavy atom. The third kappa shape index (κ3) is 25.7. The van der Waals surface area contributed by atoms with Crippen LogP contribution >= 0.6 is 0 Å². The molecule has 3 rings (SSSR count). The largest absolute Gasteiger partial charge is 0.508 e. The van der Waals surface area contributed by atoms with Crippen LogP contribution in [0, 0.1) is 5.92 Å². The van der Waals surface area contributed by atoms with Crippen LogP contribution in [0.4, 0.5) is 0 Å². The minimum atomic E-state index is -1.81. The fourth-order valence-electron chi connectivity index (χ4n) is 8.22. The number of phenolic OH excluding ortho intramolecular Hbond substituents is 1. The molecule has 83 heavy (non-hydrogen) atoms. The Morgan fingerprint density at radius 1 is 0.458 bits per heavy atom. The highest BCUT2D eigenvalue weighted by atomic mass is 16.3. The summed E-state index contributed by atoms with van der Waals surface area (Å²) in [5.74, 6) is -10.2. The average molecular weight is 1160 g/mol. The summed E-state index contributed by atoms with van der Waals surface area (Å²) >= 11 is 0. The number of carbonyl (C=O) groups excluding carboxylic acids is 10. The molecule has 0 radical (unpaired) electrons. The van der Waals surface area contributed by atoms with Crippen LogP contribution in [-0.2, 0) is 67.2 Å². The molecule has 452 valence electrons. The number of nitrogens with two attached hydrogens (primary N) is 7. The van der Waals surface area contributed by atoms with Crippen LogP contribution in [0.2, 0.25) is 0 Å². The van der Waals surface area contributed by atoms with Gasteiger partial charge in [0.2, 0.25) is 59.1 Å². The summed E-state index contributed by atoms with van der Waals surface area (Å²) in [5.41, 5.74) is 40.3. The van der Waals surface area contributed by atoms with E-state index in [2.05, 4.69) is 52.5 Å². The van der Waals surface area contributed by atoms with Gasteiger partial charge in [-0.3, -0.25) is 57.9 Å². The second kappa shape index (κ2) is 35.4. The molecule has 0 bridgehead atoms. The number of amides is 10. The fourth-order valence-corrected chi connectivity index (χ4v) is 8.22. The SMILES string of the molecule is CC(C)CC(NC(=O)C(Cc1ccccc1)NC(=O)C(CO)NC(=O)C(CCCN=C(N)N)NC(=O)C(CC(N)=O)NC(=O)C(Cc1ccc(O)cc1)NC(=O)CN)C(=O)NC(CCCN=C(N)N)C(=O)NC(Cc1ccccc1)C(N)=O. The second-order valence-electron chi connectivity index (χ2n) is 19.8. The van der Waals surface area contributed by atoms with Gasteiger partial charge in [-0.15, -0.1) is 0 Å². The van der Waals surface area contributed by atoms with Crippen LogP contribution in [-0.4, -0.2) is 156 Å².